The van der Waals surface area contributed by atoms with Gasteiger partial charge in [0.1, 0.15) is 5.82 Å². The number of amides is 1. The maximum Gasteiger partial charge on any atom is 0.277 e. The summed E-state index contributed by atoms with van der Waals surface area (Å²) < 4.78 is 13.3. The Morgan fingerprint density at radius 3 is 2.83 bits per heavy atom. The summed E-state index contributed by atoms with van der Waals surface area (Å²) in [5, 5.41) is 3.25. The van der Waals surface area contributed by atoms with Gasteiger partial charge in [-0.15, -0.1) is 0 Å². The predicted molar refractivity (Wildman–Crippen MR) is 65.4 cm³/mol. The average molecular weight is 252 g/mol. The maximum absolute atomic E-state index is 13.3. The lowest BCUT2D eigenvalue weighted by Crippen LogP contribution is -2.33. The van der Waals surface area contributed by atoms with E-state index in [4.69, 9.17) is 4.84 Å². The summed E-state index contributed by atoms with van der Waals surface area (Å²) >= 11 is 0. The molecule has 0 bridgehead atoms. The maximum atomic E-state index is 13.3. The summed E-state index contributed by atoms with van der Waals surface area (Å²) in [5.74, 6) is -0.630. The molecule has 5 heteroatoms. The van der Waals surface area contributed by atoms with Crippen molar-refractivity contribution in [3.8, 4) is 0 Å². The van der Waals surface area contributed by atoms with Crippen LogP contribution in [0, 0.1) is 11.7 Å². The highest BCUT2D eigenvalue weighted by molar-refractivity contribution is 5.93. The monoisotopic (exact) mass is 252 g/mol. The minimum absolute atomic E-state index is 0.00260. The molecular weight excluding hydrogens is 235 g/mol. The number of nitrogens with one attached hydrogen (secondary N) is 2. The number of halogens is 1. The quantitative estimate of drug-likeness (QED) is 0.798. The van der Waals surface area contributed by atoms with Crippen LogP contribution in [0.5, 0.6) is 0 Å². The number of hydrogen-bond acceptors (Lipinski definition) is 3. The van der Waals surface area contributed by atoms with E-state index in [9.17, 15) is 9.18 Å². The highest BCUT2D eigenvalue weighted by Gasteiger charge is 2.15. The van der Waals surface area contributed by atoms with E-state index in [2.05, 4.69) is 10.8 Å². The van der Waals surface area contributed by atoms with Gasteiger partial charge in [-0.2, -0.15) is 0 Å². The smallest absolute Gasteiger partial charge is 0.277 e. The lowest BCUT2D eigenvalue weighted by molar-refractivity contribution is 0.0115. The van der Waals surface area contributed by atoms with Crippen LogP contribution in [-0.4, -0.2) is 25.6 Å². The standard InChI is InChI=1S/C13H17FN2O2/c14-12-4-2-1-3-11(12)13(17)16-18-9-10-5-7-15-8-6-10/h1-4,10,15H,5-9H2,(H,16,17). The zero-order chi connectivity index (χ0) is 12.8. The molecule has 4 nitrogen and oxygen atoms in total. The van der Waals surface area contributed by atoms with E-state index in [0.717, 1.165) is 25.9 Å². The van der Waals surface area contributed by atoms with E-state index >= 15 is 0 Å². The summed E-state index contributed by atoms with van der Waals surface area (Å²) in [6, 6.07) is 5.84. The van der Waals surface area contributed by atoms with Crippen LogP contribution >= 0.6 is 0 Å². The van der Waals surface area contributed by atoms with Crippen molar-refractivity contribution in [3.05, 3.63) is 35.6 Å². The van der Waals surface area contributed by atoms with Crippen LogP contribution in [0.15, 0.2) is 24.3 Å². The first-order valence-electron chi connectivity index (χ1n) is 6.15. The van der Waals surface area contributed by atoms with Crippen LogP contribution in [0.2, 0.25) is 0 Å². The van der Waals surface area contributed by atoms with Crippen LogP contribution in [0.1, 0.15) is 23.2 Å². The molecule has 1 saturated heterocycles. The molecule has 0 saturated carbocycles. The molecule has 98 valence electrons. The Morgan fingerprint density at radius 2 is 2.11 bits per heavy atom. The van der Waals surface area contributed by atoms with Crippen molar-refractivity contribution < 1.29 is 14.0 Å². The lowest BCUT2D eigenvalue weighted by atomic mass is 10.00. The van der Waals surface area contributed by atoms with Crippen LogP contribution < -0.4 is 10.8 Å². The summed E-state index contributed by atoms with van der Waals surface area (Å²) in [6.45, 7) is 2.44. The van der Waals surface area contributed by atoms with Gasteiger partial charge in [-0.1, -0.05) is 12.1 Å². The van der Waals surface area contributed by atoms with E-state index in [1.165, 1.54) is 12.1 Å². The molecule has 1 fully saturated rings. The van der Waals surface area contributed by atoms with Crippen molar-refractivity contribution in [2.24, 2.45) is 5.92 Å². The second kappa shape index (κ2) is 6.47. The molecule has 18 heavy (non-hydrogen) atoms. The molecule has 1 aromatic rings. The molecule has 1 aromatic carbocycles. The number of rotatable bonds is 4. The minimum atomic E-state index is -0.541. The van der Waals surface area contributed by atoms with Crippen molar-refractivity contribution in [3.63, 3.8) is 0 Å². The van der Waals surface area contributed by atoms with Crippen molar-refractivity contribution in [2.75, 3.05) is 19.7 Å². The first-order chi connectivity index (χ1) is 8.77. The molecule has 1 amide bonds. The van der Waals surface area contributed by atoms with Gasteiger partial charge >= 0.3 is 0 Å². The van der Waals surface area contributed by atoms with Gasteiger partial charge in [0.05, 0.1) is 12.2 Å². The molecule has 0 aliphatic carbocycles. The number of hydrogen-bond donors (Lipinski definition) is 2. The molecule has 1 aliphatic heterocycles. The first-order valence-corrected chi connectivity index (χ1v) is 6.15. The van der Waals surface area contributed by atoms with E-state index in [-0.39, 0.29) is 5.56 Å². The SMILES string of the molecule is O=C(NOCC1CCNCC1)c1ccccc1F. The molecule has 0 atom stereocenters. The lowest BCUT2D eigenvalue weighted by Gasteiger charge is -2.22. The molecule has 1 aliphatic rings. The van der Waals surface area contributed by atoms with Gasteiger partial charge in [0.25, 0.3) is 5.91 Å². The van der Waals surface area contributed by atoms with Gasteiger partial charge < -0.3 is 5.32 Å². The van der Waals surface area contributed by atoms with Gasteiger partial charge in [-0.3, -0.25) is 9.63 Å². The largest absolute Gasteiger partial charge is 0.317 e. The Balaban J connectivity index is 1.76. The molecule has 2 rings (SSSR count). The Bertz CT molecular complexity index is 406. The number of carbonyl (C=O) groups is 1. The van der Waals surface area contributed by atoms with Crippen LogP contribution in [0.25, 0.3) is 0 Å². The fourth-order valence-electron chi connectivity index (χ4n) is 1.97. The summed E-state index contributed by atoms with van der Waals surface area (Å²) in [7, 11) is 0. The Morgan fingerprint density at radius 1 is 1.39 bits per heavy atom. The summed E-state index contributed by atoms with van der Waals surface area (Å²) in [4.78, 5) is 16.8. The summed E-state index contributed by atoms with van der Waals surface area (Å²) in [6.07, 6.45) is 2.07. The van der Waals surface area contributed by atoms with E-state index in [1.54, 1.807) is 12.1 Å². The number of piperidine rings is 1. The van der Waals surface area contributed by atoms with Crippen molar-refractivity contribution in [2.45, 2.75) is 12.8 Å². The zero-order valence-electron chi connectivity index (χ0n) is 10.1. The molecule has 0 radical (unpaired) electrons. The Kier molecular flexibility index (Phi) is 4.66. The zero-order valence-corrected chi connectivity index (χ0v) is 10.1. The average Bonchev–Trinajstić information content (AvgIpc) is 2.40. The van der Waals surface area contributed by atoms with Gasteiger partial charge in [-0.05, 0) is 44.0 Å². The normalized spacial score (nSPS) is 16.5. The number of benzene rings is 1. The predicted octanol–water partition coefficient (Wildman–Crippen LogP) is 1.49. The third-order valence-electron chi connectivity index (χ3n) is 3.06. The van der Waals surface area contributed by atoms with Crippen LogP contribution in [0.4, 0.5) is 4.39 Å². The number of hydroxylamine groups is 1. The molecular formula is C13H17FN2O2. The molecule has 0 aromatic heterocycles. The van der Waals surface area contributed by atoms with E-state index in [0.29, 0.717) is 12.5 Å². The molecule has 2 N–H and O–H groups in total. The van der Waals surface area contributed by atoms with E-state index < -0.39 is 11.7 Å². The third-order valence-corrected chi connectivity index (χ3v) is 3.06. The Labute approximate surface area is 105 Å². The van der Waals surface area contributed by atoms with Crippen LogP contribution in [-0.2, 0) is 4.84 Å². The van der Waals surface area contributed by atoms with Crippen molar-refractivity contribution in [1.82, 2.24) is 10.8 Å². The molecule has 0 unspecified atom stereocenters. The summed E-state index contributed by atoms with van der Waals surface area (Å²) in [5.41, 5.74) is 2.29. The second-order valence-electron chi connectivity index (χ2n) is 4.42. The molecule has 1 heterocycles. The number of carbonyl (C=O) groups excluding carboxylic acids is 1. The Hall–Kier alpha value is -1.46. The van der Waals surface area contributed by atoms with E-state index in [1.807, 2.05) is 0 Å². The van der Waals surface area contributed by atoms with Gasteiger partial charge in [-0.25, -0.2) is 9.87 Å². The topological polar surface area (TPSA) is 50.4 Å². The van der Waals surface area contributed by atoms with Crippen molar-refractivity contribution >= 4 is 5.91 Å². The highest BCUT2D eigenvalue weighted by Crippen LogP contribution is 2.11. The molecule has 0 spiro atoms. The van der Waals surface area contributed by atoms with Gasteiger partial charge in [0.15, 0.2) is 0 Å². The first kappa shape index (κ1) is 13.0. The van der Waals surface area contributed by atoms with Gasteiger partial charge in [0.2, 0.25) is 0 Å². The van der Waals surface area contributed by atoms with Crippen molar-refractivity contribution in [1.29, 1.82) is 0 Å². The minimum Gasteiger partial charge on any atom is -0.317 e. The van der Waals surface area contributed by atoms with Crippen LogP contribution in [0.3, 0.4) is 0 Å². The third kappa shape index (κ3) is 3.51. The second-order valence-corrected chi connectivity index (χ2v) is 4.42. The van der Waals surface area contributed by atoms with Gasteiger partial charge in [0, 0.05) is 0 Å². The highest BCUT2D eigenvalue weighted by atomic mass is 19.1. The fraction of sp³-hybridized carbons (Fsp3) is 0.462. The fourth-order valence-corrected chi connectivity index (χ4v) is 1.97.